The van der Waals surface area contributed by atoms with Gasteiger partial charge in [-0.05, 0) is 111 Å². The highest BCUT2D eigenvalue weighted by atomic mass is 35.5. The van der Waals surface area contributed by atoms with E-state index in [0.29, 0.717) is 62.7 Å². The number of hydrogen-bond donors (Lipinski definition) is 2. The van der Waals surface area contributed by atoms with E-state index in [1.54, 1.807) is 30.3 Å². The molecule has 0 radical (unpaired) electrons. The maximum Gasteiger partial charge on any atom is 0.416 e. The second-order valence-corrected chi connectivity index (χ2v) is 18.2. The van der Waals surface area contributed by atoms with Crippen LogP contribution in [0.2, 0.25) is 10.0 Å². The van der Waals surface area contributed by atoms with Crippen molar-refractivity contribution in [2.24, 2.45) is 17.8 Å². The van der Waals surface area contributed by atoms with Gasteiger partial charge < -0.3 is 0 Å². The largest absolute Gasteiger partial charge is 0.416 e. The SMILES string of the molecule is O=C(NN1CCCCC1)c1nn(-c2ccc(Cl)cc2Cl)c(-c2ccc(C#Cc3ccc(C(F)(F)F)cc3)s2)c1CNS(=O)(=O)CCC1CCC2CC2CC1. The predicted molar refractivity (Wildman–Crippen MR) is 206 cm³/mol. The second-order valence-electron chi connectivity index (χ2n) is 14.4. The molecular formula is C39H40Cl2F3N5O3S2. The summed E-state index contributed by atoms with van der Waals surface area (Å²) in [5, 5.41) is 7.30. The average Bonchev–Trinajstić information content (AvgIpc) is 3.61. The number of nitrogens with one attached hydrogen (secondary N) is 2. The van der Waals surface area contributed by atoms with Crippen LogP contribution >= 0.6 is 34.5 Å². The van der Waals surface area contributed by atoms with Crippen LogP contribution in [0.3, 0.4) is 0 Å². The Labute approximate surface area is 327 Å². The molecule has 15 heteroatoms. The number of halogens is 5. The molecule has 2 aromatic heterocycles. The molecule has 2 aliphatic carbocycles. The number of hydrogen-bond acceptors (Lipinski definition) is 6. The van der Waals surface area contributed by atoms with Gasteiger partial charge in [-0.2, -0.15) is 18.3 Å². The topological polar surface area (TPSA) is 96.3 Å². The standard InChI is InChI=1S/C39H40Cl2F3N5O3S2/c40-30-13-16-34(33(41)23-30)49-37(35-17-15-31(53-35)14-8-25-6-11-29(12-7-25)39(42,43)44)32(36(46-49)38(50)47-48-19-2-1-3-20-48)24-45-54(51,52)21-18-26-4-9-27-22-28(27)10-5-26/h6-7,11-13,15-17,23,26-28,45H,1-5,9-10,18-22,24H2,(H,47,50). The molecule has 2 N–H and O–H groups in total. The molecule has 2 saturated carbocycles. The van der Waals surface area contributed by atoms with Crippen molar-refractivity contribution in [3.8, 4) is 28.1 Å². The summed E-state index contributed by atoms with van der Waals surface area (Å²) < 4.78 is 70.7. The van der Waals surface area contributed by atoms with E-state index in [0.717, 1.165) is 56.1 Å². The molecule has 1 aliphatic heterocycles. The van der Waals surface area contributed by atoms with Gasteiger partial charge in [0.2, 0.25) is 10.0 Å². The van der Waals surface area contributed by atoms with Crippen LogP contribution in [0.15, 0.2) is 54.6 Å². The number of benzene rings is 2. The highest BCUT2D eigenvalue weighted by molar-refractivity contribution is 7.89. The number of sulfonamides is 1. The number of alkyl halides is 3. The normalized spacial score (nSPS) is 20.4. The van der Waals surface area contributed by atoms with Gasteiger partial charge in [0.25, 0.3) is 5.91 Å². The zero-order chi connectivity index (χ0) is 38.0. The molecule has 54 heavy (non-hydrogen) atoms. The van der Waals surface area contributed by atoms with Gasteiger partial charge in [-0.3, -0.25) is 10.2 Å². The lowest BCUT2D eigenvalue weighted by atomic mass is 9.96. The van der Waals surface area contributed by atoms with Crippen molar-refractivity contribution in [2.75, 3.05) is 18.8 Å². The average molecular weight is 819 g/mol. The van der Waals surface area contributed by atoms with Crippen LogP contribution in [0.5, 0.6) is 0 Å². The van der Waals surface area contributed by atoms with Gasteiger partial charge in [0.1, 0.15) is 0 Å². The van der Waals surface area contributed by atoms with Crippen LogP contribution in [0.4, 0.5) is 13.2 Å². The monoisotopic (exact) mass is 817 g/mol. The number of aromatic nitrogens is 2. The summed E-state index contributed by atoms with van der Waals surface area (Å²) in [6.07, 6.45) is 4.83. The Kier molecular flexibility index (Phi) is 11.8. The third-order valence-electron chi connectivity index (χ3n) is 10.6. The minimum Gasteiger partial charge on any atom is -0.283 e. The quantitative estimate of drug-likeness (QED) is 0.156. The lowest BCUT2D eigenvalue weighted by Gasteiger charge is -2.26. The number of rotatable bonds is 10. The van der Waals surface area contributed by atoms with E-state index >= 15 is 0 Å². The van der Waals surface area contributed by atoms with Crippen LogP contribution in [-0.4, -0.2) is 48.0 Å². The molecule has 3 fully saturated rings. The molecular weight excluding hydrogens is 778 g/mol. The van der Waals surface area contributed by atoms with E-state index in [9.17, 15) is 26.4 Å². The van der Waals surface area contributed by atoms with E-state index in [1.165, 1.54) is 47.4 Å². The van der Waals surface area contributed by atoms with Gasteiger partial charge in [-0.1, -0.05) is 54.3 Å². The molecule has 0 spiro atoms. The molecule has 1 amide bonds. The summed E-state index contributed by atoms with van der Waals surface area (Å²) >= 11 is 14.2. The van der Waals surface area contributed by atoms with Gasteiger partial charge >= 0.3 is 6.18 Å². The molecule has 2 aromatic carbocycles. The zero-order valence-corrected chi connectivity index (χ0v) is 32.5. The minimum atomic E-state index is -4.45. The van der Waals surface area contributed by atoms with E-state index in [2.05, 4.69) is 22.0 Å². The second kappa shape index (κ2) is 16.4. The van der Waals surface area contributed by atoms with Gasteiger partial charge in [0, 0.05) is 35.8 Å². The van der Waals surface area contributed by atoms with Crippen LogP contribution < -0.4 is 10.1 Å². The number of nitrogens with zero attached hydrogens (tertiary/aromatic N) is 3. The molecule has 1 saturated heterocycles. The maximum absolute atomic E-state index is 14.0. The zero-order valence-electron chi connectivity index (χ0n) is 29.4. The number of carbonyl (C=O) groups excluding carboxylic acids is 1. The number of hydrazine groups is 1. The first kappa shape index (κ1) is 38.9. The van der Waals surface area contributed by atoms with Crippen molar-refractivity contribution < 1.29 is 26.4 Å². The van der Waals surface area contributed by atoms with Crippen LogP contribution in [-0.2, 0) is 22.7 Å². The summed E-state index contributed by atoms with van der Waals surface area (Å²) in [4.78, 5) is 15.2. The Hall–Kier alpha value is -3.38. The van der Waals surface area contributed by atoms with E-state index < -0.39 is 27.7 Å². The fourth-order valence-corrected chi connectivity index (χ4v) is 9.98. The van der Waals surface area contributed by atoms with Crippen LogP contribution in [0.25, 0.3) is 16.3 Å². The number of amides is 1. The van der Waals surface area contributed by atoms with Crippen molar-refractivity contribution in [3.63, 3.8) is 0 Å². The fourth-order valence-electron chi connectivity index (χ4n) is 7.42. The summed E-state index contributed by atoms with van der Waals surface area (Å²) in [6, 6.07) is 13.0. The van der Waals surface area contributed by atoms with E-state index in [4.69, 9.17) is 28.3 Å². The lowest BCUT2D eigenvalue weighted by Crippen LogP contribution is -2.45. The van der Waals surface area contributed by atoms with Gasteiger partial charge in [-0.25, -0.2) is 22.8 Å². The van der Waals surface area contributed by atoms with Gasteiger partial charge in [0.05, 0.1) is 37.5 Å². The third kappa shape index (κ3) is 9.52. The summed E-state index contributed by atoms with van der Waals surface area (Å²) in [7, 11) is -3.74. The molecule has 3 heterocycles. The van der Waals surface area contributed by atoms with Crippen LogP contribution in [0, 0.1) is 29.6 Å². The van der Waals surface area contributed by atoms with Crippen molar-refractivity contribution in [1.82, 2.24) is 24.9 Å². The number of fused-ring (bicyclic) bond motifs is 1. The molecule has 2 atom stereocenters. The van der Waals surface area contributed by atoms with Crippen molar-refractivity contribution >= 4 is 50.5 Å². The first-order chi connectivity index (χ1) is 25.8. The minimum absolute atomic E-state index is 0.0164. The van der Waals surface area contributed by atoms with E-state index in [1.807, 2.05) is 5.01 Å². The van der Waals surface area contributed by atoms with Gasteiger partial charge in [-0.15, -0.1) is 11.3 Å². The highest BCUT2D eigenvalue weighted by Crippen LogP contribution is 2.49. The van der Waals surface area contributed by atoms with Crippen molar-refractivity contribution in [1.29, 1.82) is 0 Å². The Morgan fingerprint density at radius 2 is 1.67 bits per heavy atom. The smallest absolute Gasteiger partial charge is 0.283 e. The molecule has 4 aromatic rings. The lowest BCUT2D eigenvalue weighted by molar-refractivity contribution is -0.137. The maximum atomic E-state index is 14.0. The Morgan fingerprint density at radius 3 is 2.35 bits per heavy atom. The van der Waals surface area contributed by atoms with Crippen molar-refractivity contribution in [3.05, 3.63) is 91.9 Å². The highest BCUT2D eigenvalue weighted by Gasteiger charge is 2.39. The number of carbonyl (C=O) groups is 1. The Morgan fingerprint density at radius 1 is 0.944 bits per heavy atom. The van der Waals surface area contributed by atoms with E-state index in [-0.39, 0.29) is 23.0 Å². The molecule has 3 aliphatic rings. The first-order valence-electron chi connectivity index (χ1n) is 18.2. The van der Waals surface area contributed by atoms with Gasteiger partial charge in [0.15, 0.2) is 5.69 Å². The molecule has 7 rings (SSSR count). The molecule has 0 bridgehead atoms. The third-order valence-corrected chi connectivity index (χ3v) is 13.5. The first-order valence-corrected chi connectivity index (χ1v) is 21.5. The van der Waals surface area contributed by atoms with Crippen molar-refractivity contribution in [2.45, 2.75) is 70.5 Å². The van der Waals surface area contributed by atoms with Crippen LogP contribution in [0.1, 0.15) is 89.8 Å². The number of piperidine rings is 1. The summed E-state index contributed by atoms with van der Waals surface area (Å²) in [6.45, 7) is 1.16. The summed E-state index contributed by atoms with van der Waals surface area (Å²) in [5.74, 6) is 7.45. The fraction of sp³-hybridized carbons (Fsp3) is 0.436. The molecule has 2 unspecified atom stereocenters. The Balaban J connectivity index is 1.23. The molecule has 286 valence electrons. The molecule has 8 nitrogen and oxygen atoms in total. The Bertz CT molecular complexity index is 2160. The number of thiophene rings is 1. The predicted octanol–water partition coefficient (Wildman–Crippen LogP) is 9.09. The summed E-state index contributed by atoms with van der Waals surface area (Å²) in [5.41, 5.74) is 3.89.